The molecule has 1 amide bonds. The maximum atomic E-state index is 13.0. The standard InChI is InChI=1S/C25H29NO6/c1-5-31-20-8-6-7-18(15-20)22-21(24(28)25(29)26(22)13-14-30-4)23(27)17-9-11-19(12-10-17)32-16(2)3/h6-12,15-16,22,27H,5,13-14H2,1-4H3/b23-21-. The Labute approximate surface area is 188 Å². The summed E-state index contributed by atoms with van der Waals surface area (Å²) in [5, 5.41) is 11.1. The van der Waals surface area contributed by atoms with E-state index in [1.165, 1.54) is 12.0 Å². The summed E-state index contributed by atoms with van der Waals surface area (Å²) in [6, 6.07) is 13.2. The highest BCUT2D eigenvalue weighted by molar-refractivity contribution is 6.46. The summed E-state index contributed by atoms with van der Waals surface area (Å²) in [5.41, 5.74) is 1.14. The van der Waals surface area contributed by atoms with Gasteiger partial charge < -0.3 is 24.2 Å². The first-order chi connectivity index (χ1) is 15.4. The first-order valence-electron chi connectivity index (χ1n) is 10.6. The minimum Gasteiger partial charge on any atom is -0.507 e. The number of benzene rings is 2. The molecule has 1 saturated heterocycles. The lowest BCUT2D eigenvalue weighted by atomic mass is 9.95. The normalized spacial score (nSPS) is 17.8. The van der Waals surface area contributed by atoms with Gasteiger partial charge in [0.05, 0.1) is 30.9 Å². The molecule has 170 valence electrons. The van der Waals surface area contributed by atoms with Crippen LogP contribution in [0.25, 0.3) is 5.76 Å². The topological polar surface area (TPSA) is 85.3 Å². The quantitative estimate of drug-likeness (QED) is 0.362. The Morgan fingerprint density at radius 1 is 1.09 bits per heavy atom. The second kappa shape index (κ2) is 10.3. The van der Waals surface area contributed by atoms with Gasteiger partial charge in [0, 0.05) is 19.2 Å². The molecule has 1 unspecified atom stereocenters. The molecule has 32 heavy (non-hydrogen) atoms. The highest BCUT2D eigenvalue weighted by Crippen LogP contribution is 2.40. The number of carbonyl (C=O) groups excluding carboxylic acids is 2. The van der Waals surface area contributed by atoms with E-state index in [1.54, 1.807) is 36.4 Å². The molecule has 0 aromatic heterocycles. The fourth-order valence-corrected chi connectivity index (χ4v) is 3.71. The Kier molecular flexibility index (Phi) is 7.53. The minimum atomic E-state index is -0.753. The van der Waals surface area contributed by atoms with Crippen molar-refractivity contribution < 1.29 is 28.9 Å². The zero-order valence-electron chi connectivity index (χ0n) is 18.8. The SMILES string of the molecule is CCOc1cccc(C2/C(=C(/O)c3ccc(OC(C)C)cc3)C(=O)C(=O)N2CCOC)c1. The fourth-order valence-electron chi connectivity index (χ4n) is 3.71. The van der Waals surface area contributed by atoms with E-state index < -0.39 is 17.7 Å². The molecule has 1 aliphatic rings. The molecule has 2 aromatic carbocycles. The number of hydrogen-bond acceptors (Lipinski definition) is 6. The van der Waals surface area contributed by atoms with Gasteiger partial charge in [0.1, 0.15) is 17.3 Å². The number of hydrogen-bond donors (Lipinski definition) is 1. The van der Waals surface area contributed by atoms with E-state index in [-0.39, 0.29) is 30.6 Å². The number of Topliss-reactive ketones (excluding diaryl/α,β-unsaturated/α-hetero) is 1. The molecule has 7 nitrogen and oxygen atoms in total. The summed E-state index contributed by atoms with van der Waals surface area (Å²) in [6.07, 6.45) is 0.0122. The molecule has 0 radical (unpaired) electrons. The third kappa shape index (κ3) is 4.94. The van der Waals surface area contributed by atoms with Crippen LogP contribution in [0.15, 0.2) is 54.1 Å². The van der Waals surface area contributed by atoms with Crippen LogP contribution in [0.1, 0.15) is 37.9 Å². The van der Waals surface area contributed by atoms with Crippen LogP contribution in [-0.2, 0) is 14.3 Å². The predicted molar refractivity (Wildman–Crippen MR) is 121 cm³/mol. The predicted octanol–water partition coefficient (Wildman–Crippen LogP) is 3.94. The van der Waals surface area contributed by atoms with Gasteiger partial charge in [-0.3, -0.25) is 9.59 Å². The monoisotopic (exact) mass is 439 g/mol. The molecule has 0 spiro atoms. The van der Waals surface area contributed by atoms with Crippen LogP contribution in [0.4, 0.5) is 0 Å². The first kappa shape index (κ1) is 23.3. The van der Waals surface area contributed by atoms with Gasteiger partial charge in [-0.2, -0.15) is 0 Å². The van der Waals surface area contributed by atoms with E-state index in [9.17, 15) is 14.7 Å². The molecule has 0 saturated carbocycles. The number of likely N-dealkylation sites (tertiary alicyclic amines) is 1. The van der Waals surface area contributed by atoms with Crippen LogP contribution in [0.5, 0.6) is 11.5 Å². The lowest BCUT2D eigenvalue weighted by molar-refractivity contribution is -0.140. The van der Waals surface area contributed by atoms with E-state index in [0.717, 1.165) is 0 Å². The smallest absolute Gasteiger partial charge is 0.295 e. The van der Waals surface area contributed by atoms with Crippen molar-refractivity contribution in [1.82, 2.24) is 4.90 Å². The van der Waals surface area contributed by atoms with Crippen LogP contribution in [-0.4, -0.2) is 54.7 Å². The van der Waals surface area contributed by atoms with Crippen molar-refractivity contribution in [2.24, 2.45) is 0 Å². The molecule has 1 N–H and O–H groups in total. The Bertz CT molecular complexity index is 996. The van der Waals surface area contributed by atoms with Crippen LogP contribution < -0.4 is 9.47 Å². The number of nitrogens with zero attached hydrogens (tertiary/aromatic N) is 1. The van der Waals surface area contributed by atoms with Gasteiger partial charge in [-0.1, -0.05) is 12.1 Å². The van der Waals surface area contributed by atoms with E-state index >= 15 is 0 Å². The molecule has 0 aliphatic carbocycles. The number of carbonyl (C=O) groups is 2. The zero-order valence-corrected chi connectivity index (χ0v) is 18.8. The lowest BCUT2D eigenvalue weighted by Crippen LogP contribution is -2.32. The van der Waals surface area contributed by atoms with Gasteiger partial charge in [-0.25, -0.2) is 0 Å². The van der Waals surface area contributed by atoms with E-state index in [0.29, 0.717) is 29.2 Å². The van der Waals surface area contributed by atoms with Gasteiger partial charge in [0.25, 0.3) is 11.7 Å². The van der Waals surface area contributed by atoms with Crippen LogP contribution in [0.2, 0.25) is 0 Å². The molecule has 1 fully saturated rings. The Balaban J connectivity index is 2.08. The summed E-state index contributed by atoms with van der Waals surface area (Å²) < 4.78 is 16.4. The number of aliphatic hydroxyl groups excluding tert-OH is 1. The van der Waals surface area contributed by atoms with Gasteiger partial charge in [-0.15, -0.1) is 0 Å². The van der Waals surface area contributed by atoms with E-state index in [2.05, 4.69) is 0 Å². The zero-order chi connectivity index (χ0) is 23.3. The van der Waals surface area contributed by atoms with Gasteiger partial charge in [0.15, 0.2) is 0 Å². The van der Waals surface area contributed by atoms with Crippen molar-refractivity contribution >= 4 is 17.4 Å². The fraction of sp³-hybridized carbons (Fsp3) is 0.360. The average molecular weight is 440 g/mol. The Morgan fingerprint density at radius 2 is 1.81 bits per heavy atom. The largest absolute Gasteiger partial charge is 0.507 e. The number of amides is 1. The third-order valence-corrected chi connectivity index (χ3v) is 5.06. The average Bonchev–Trinajstić information content (AvgIpc) is 3.02. The Morgan fingerprint density at radius 3 is 2.44 bits per heavy atom. The lowest BCUT2D eigenvalue weighted by Gasteiger charge is -2.25. The molecule has 7 heteroatoms. The number of ether oxygens (including phenoxy) is 3. The number of methoxy groups -OCH3 is 1. The van der Waals surface area contributed by atoms with Crippen LogP contribution in [0.3, 0.4) is 0 Å². The van der Waals surface area contributed by atoms with Crippen molar-refractivity contribution in [2.45, 2.75) is 32.9 Å². The summed E-state index contributed by atoms with van der Waals surface area (Å²) in [6.45, 7) is 6.68. The summed E-state index contributed by atoms with van der Waals surface area (Å²) in [4.78, 5) is 27.3. The Hall–Kier alpha value is -3.32. The molecule has 2 aromatic rings. The van der Waals surface area contributed by atoms with E-state index in [1.807, 2.05) is 32.9 Å². The summed E-state index contributed by atoms with van der Waals surface area (Å²) >= 11 is 0. The first-order valence-corrected chi connectivity index (χ1v) is 10.6. The summed E-state index contributed by atoms with van der Waals surface area (Å²) in [5.74, 6) is -0.357. The van der Waals surface area contributed by atoms with Crippen molar-refractivity contribution in [3.8, 4) is 11.5 Å². The van der Waals surface area contributed by atoms with Crippen molar-refractivity contribution in [3.63, 3.8) is 0 Å². The molecule has 1 atom stereocenters. The maximum Gasteiger partial charge on any atom is 0.295 e. The second-order valence-corrected chi connectivity index (χ2v) is 7.68. The number of ketones is 1. The molecule has 1 aliphatic heterocycles. The van der Waals surface area contributed by atoms with Crippen molar-refractivity contribution in [3.05, 3.63) is 65.2 Å². The molecule has 1 heterocycles. The highest BCUT2D eigenvalue weighted by Gasteiger charge is 2.46. The third-order valence-electron chi connectivity index (χ3n) is 5.06. The van der Waals surface area contributed by atoms with Gasteiger partial charge >= 0.3 is 0 Å². The molecule has 0 bridgehead atoms. The number of aliphatic hydroxyl groups is 1. The molecular formula is C25H29NO6. The van der Waals surface area contributed by atoms with Crippen LogP contribution >= 0.6 is 0 Å². The maximum absolute atomic E-state index is 13.0. The second-order valence-electron chi connectivity index (χ2n) is 7.68. The van der Waals surface area contributed by atoms with Gasteiger partial charge in [0.2, 0.25) is 0 Å². The number of rotatable bonds is 9. The van der Waals surface area contributed by atoms with Crippen LogP contribution in [0, 0.1) is 0 Å². The summed E-state index contributed by atoms with van der Waals surface area (Å²) in [7, 11) is 1.53. The van der Waals surface area contributed by atoms with Crippen molar-refractivity contribution in [1.29, 1.82) is 0 Å². The highest BCUT2D eigenvalue weighted by atomic mass is 16.5. The van der Waals surface area contributed by atoms with Gasteiger partial charge in [-0.05, 0) is 62.7 Å². The molecular weight excluding hydrogens is 410 g/mol. The molecule has 3 rings (SSSR count). The van der Waals surface area contributed by atoms with E-state index in [4.69, 9.17) is 14.2 Å². The minimum absolute atomic E-state index is 0.0122. The van der Waals surface area contributed by atoms with Crippen molar-refractivity contribution in [2.75, 3.05) is 26.9 Å².